The minimum absolute atomic E-state index is 0.166. The fourth-order valence-corrected chi connectivity index (χ4v) is 2.86. The average molecular weight is 293 g/mol. The summed E-state index contributed by atoms with van der Waals surface area (Å²) in [5.74, 6) is 1.65. The zero-order chi connectivity index (χ0) is 14.8. The zero-order valence-corrected chi connectivity index (χ0v) is 13.7. The molecule has 0 aliphatic carbocycles. The Hall–Kier alpha value is -1.20. The maximum Gasteiger partial charge on any atom is 0.194 e. The number of hydrogen-bond acceptors (Lipinski definition) is 5. The van der Waals surface area contributed by atoms with Crippen LogP contribution in [0.5, 0.6) is 0 Å². The van der Waals surface area contributed by atoms with Crippen LogP contribution in [-0.2, 0) is 6.42 Å². The van der Waals surface area contributed by atoms with Gasteiger partial charge in [-0.2, -0.15) is 0 Å². The van der Waals surface area contributed by atoms with Gasteiger partial charge in [-0.15, -0.1) is 11.3 Å². The number of rotatable bonds is 5. The Balaban J connectivity index is 1.91. The van der Waals surface area contributed by atoms with Crippen molar-refractivity contribution in [2.75, 3.05) is 6.54 Å². The van der Waals surface area contributed by atoms with Crippen LogP contribution in [0.15, 0.2) is 10.6 Å². The fourth-order valence-electron chi connectivity index (χ4n) is 1.99. The second-order valence-electron chi connectivity index (χ2n) is 6.05. The second-order valence-corrected chi connectivity index (χ2v) is 7.25. The molecular weight excluding hydrogens is 270 g/mol. The van der Waals surface area contributed by atoms with Crippen molar-refractivity contribution in [2.45, 2.75) is 53.0 Å². The number of aryl methyl sites for hydroxylation is 3. The molecule has 4 nitrogen and oxygen atoms in total. The molecular formula is C15H23N3OS. The van der Waals surface area contributed by atoms with Crippen LogP contribution in [0.3, 0.4) is 0 Å². The first-order valence-electron chi connectivity index (χ1n) is 6.99. The van der Waals surface area contributed by atoms with Gasteiger partial charge in [0, 0.05) is 12.0 Å². The van der Waals surface area contributed by atoms with Crippen molar-refractivity contribution >= 4 is 11.3 Å². The van der Waals surface area contributed by atoms with Crippen molar-refractivity contribution in [2.24, 2.45) is 0 Å². The lowest BCUT2D eigenvalue weighted by atomic mass is 10.1. The third-order valence-corrected chi connectivity index (χ3v) is 3.99. The predicted molar refractivity (Wildman–Crippen MR) is 83.2 cm³/mol. The molecule has 0 atom stereocenters. The smallest absolute Gasteiger partial charge is 0.194 e. The van der Waals surface area contributed by atoms with Crippen molar-refractivity contribution < 1.29 is 4.42 Å². The van der Waals surface area contributed by atoms with Gasteiger partial charge >= 0.3 is 0 Å². The zero-order valence-electron chi connectivity index (χ0n) is 12.9. The largest absolute Gasteiger partial charge is 0.440 e. The van der Waals surface area contributed by atoms with Gasteiger partial charge in [0.15, 0.2) is 11.7 Å². The van der Waals surface area contributed by atoms with Gasteiger partial charge in [0.2, 0.25) is 0 Å². The molecule has 2 aromatic rings. The van der Waals surface area contributed by atoms with Gasteiger partial charge in [-0.05, 0) is 47.6 Å². The van der Waals surface area contributed by atoms with E-state index in [-0.39, 0.29) is 5.54 Å². The molecule has 0 radical (unpaired) electrons. The molecule has 20 heavy (non-hydrogen) atoms. The number of nitrogens with zero attached hydrogens (tertiary/aromatic N) is 2. The van der Waals surface area contributed by atoms with Gasteiger partial charge < -0.3 is 9.73 Å². The van der Waals surface area contributed by atoms with E-state index in [2.05, 4.69) is 36.1 Å². The molecule has 0 fully saturated rings. The van der Waals surface area contributed by atoms with E-state index in [9.17, 15) is 0 Å². The Morgan fingerprint density at radius 1 is 1.30 bits per heavy atom. The fraction of sp³-hybridized carbons (Fsp3) is 0.600. The molecule has 0 aliphatic rings. The highest BCUT2D eigenvalue weighted by molar-refractivity contribution is 7.15. The van der Waals surface area contributed by atoms with Crippen LogP contribution in [0.2, 0.25) is 0 Å². The SMILES string of the molecule is Cc1nc(C)c(-c2cnc(CCCNC(C)(C)C)o2)s1. The summed E-state index contributed by atoms with van der Waals surface area (Å²) in [6.45, 7) is 11.5. The van der Waals surface area contributed by atoms with E-state index in [1.165, 1.54) is 0 Å². The lowest BCUT2D eigenvalue weighted by Gasteiger charge is -2.19. The summed E-state index contributed by atoms with van der Waals surface area (Å²) >= 11 is 1.66. The molecule has 110 valence electrons. The minimum atomic E-state index is 0.166. The van der Waals surface area contributed by atoms with Crippen LogP contribution in [0, 0.1) is 13.8 Å². The van der Waals surface area contributed by atoms with E-state index in [1.807, 2.05) is 20.0 Å². The van der Waals surface area contributed by atoms with E-state index < -0.39 is 0 Å². The van der Waals surface area contributed by atoms with Crippen molar-refractivity contribution in [3.05, 3.63) is 22.8 Å². The first-order valence-corrected chi connectivity index (χ1v) is 7.81. The molecule has 1 N–H and O–H groups in total. The summed E-state index contributed by atoms with van der Waals surface area (Å²) in [5, 5.41) is 4.53. The van der Waals surface area contributed by atoms with Crippen molar-refractivity contribution in [1.82, 2.24) is 15.3 Å². The third-order valence-electron chi connectivity index (χ3n) is 2.90. The summed E-state index contributed by atoms with van der Waals surface area (Å²) in [7, 11) is 0. The van der Waals surface area contributed by atoms with Crippen LogP contribution in [-0.4, -0.2) is 22.1 Å². The molecule has 2 aromatic heterocycles. The van der Waals surface area contributed by atoms with Gasteiger partial charge in [-0.1, -0.05) is 0 Å². The summed E-state index contributed by atoms with van der Waals surface area (Å²) in [6, 6.07) is 0. The summed E-state index contributed by atoms with van der Waals surface area (Å²) < 4.78 is 5.83. The van der Waals surface area contributed by atoms with Gasteiger partial charge in [-0.25, -0.2) is 9.97 Å². The standard InChI is InChI=1S/C15H23N3OS/c1-10-14(20-11(2)18-10)12-9-16-13(19-12)7-6-8-17-15(3,4)5/h9,17H,6-8H2,1-5H3. The highest BCUT2D eigenvalue weighted by Gasteiger charge is 2.13. The van der Waals surface area contributed by atoms with Crippen LogP contribution in [0.1, 0.15) is 43.8 Å². The van der Waals surface area contributed by atoms with E-state index in [4.69, 9.17) is 4.42 Å². The molecule has 0 saturated carbocycles. The van der Waals surface area contributed by atoms with Gasteiger partial charge in [0.05, 0.1) is 21.8 Å². The monoisotopic (exact) mass is 293 g/mol. The number of oxazole rings is 1. The maximum absolute atomic E-state index is 5.83. The van der Waals surface area contributed by atoms with E-state index in [0.717, 1.165) is 46.6 Å². The normalized spacial score (nSPS) is 12.1. The Labute approximate surface area is 124 Å². The predicted octanol–water partition coefficient (Wildman–Crippen LogP) is 3.74. The summed E-state index contributed by atoms with van der Waals surface area (Å²) in [4.78, 5) is 9.87. The summed E-state index contributed by atoms with van der Waals surface area (Å²) in [6.07, 6.45) is 3.70. The molecule has 2 rings (SSSR count). The average Bonchev–Trinajstić information content (AvgIpc) is 2.90. The highest BCUT2D eigenvalue weighted by atomic mass is 32.1. The number of hydrogen-bond donors (Lipinski definition) is 1. The first kappa shape index (κ1) is 15.2. The van der Waals surface area contributed by atoms with Crippen LogP contribution >= 0.6 is 11.3 Å². The van der Waals surface area contributed by atoms with Gasteiger partial charge in [0.1, 0.15) is 0 Å². The highest BCUT2D eigenvalue weighted by Crippen LogP contribution is 2.30. The second kappa shape index (κ2) is 6.06. The Bertz CT molecular complexity index is 566. The molecule has 5 heteroatoms. The van der Waals surface area contributed by atoms with E-state index in [0.29, 0.717) is 0 Å². The minimum Gasteiger partial charge on any atom is -0.440 e. The van der Waals surface area contributed by atoms with Crippen molar-refractivity contribution in [1.29, 1.82) is 0 Å². The van der Waals surface area contributed by atoms with Crippen LogP contribution in [0.4, 0.5) is 0 Å². The Morgan fingerprint density at radius 2 is 2.05 bits per heavy atom. The van der Waals surface area contributed by atoms with Crippen molar-refractivity contribution in [3.8, 4) is 10.6 Å². The topological polar surface area (TPSA) is 51.0 Å². The van der Waals surface area contributed by atoms with Crippen LogP contribution in [0.25, 0.3) is 10.6 Å². The number of nitrogens with one attached hydrogen (secondary N) is 1. The van der Waals surface area contributed by atoms with Crippen LogP contribution < -0.4 is 5.32 Å². The molecule has 0 bridgehead atoms. The van der Waals surface area contributed by atoms with Crippen molar-refractivity contribution in [3.63, 3.8) is 0 Å². The Kier molecular flexibility index (Phi) is 4.60. The molecule has 0 aliphatic heterocycles. The van der Waals surface area contributed by atoms with Gasteiger partial charge in [0.25, 0.3) is 0 Å². The van der Waals surface area contributed by atoms with E-state index >= 15 is 0 Å². The molecule has 0 unspecified atom stereocenters. The Morgan fingerprint density at radius 3 is 2.65 bits per heavy atom. The maximum atomic E-state index is 5.83. The lowest BCUT2D eigenvalue weighted by Crippen LogP contribution is -2.36. The number of aromatic nitrogens is 2. The third kappa shape index (κ3) is 4.15. The number of thiazole rings is 1. The molecule has 0 aromatic carbocycles. The van der Waals surface area contributed by atoms with Gasteiger partial charge in [-0.3, -0.25) is 0 Å². The summed E-state index contributed by atoms with van der Waals surface area (Å²) in [5.41, 5.74) is 1.18. The quantitative estimate of drug-likeness (QED) is 0.853. The molecule has 0 spiro atoms. The molecule has 0 amide bonds. The van der Waals surface area contributed by atoms with E-state index in [1.54, 1.807) is 11.3 Å². The molecule has 2 heterocycles. The first-order chi connectivity index (χ1) is 9.35. The lowest BCUT2D eigenvalue weighted by molar-refractivity contribution is 0.413. The molecule has 0 saturated heterocycles.